The third kappa shape index (κ3) is 35.5. The molecule has 0 bridgehead atoms. The number of hydrogen-bond acceptors (Lipinski definition) is 19. The van der Waals surface area contributed by atoms with E-state index in [0.717, 1.165) is 70.1 Å². The van der Waals surface area contributed by atoms with E-state index in [2.05, 4.69) is 29.0 Å². The highest BCUT2D eigenvalue weighted by atomic mass is 31.1. The molecule has 0 aromatic heterocycles. The van der Waals surface area contributed by atoms with Crippen LogP contribution in [0.25, 0.3) is 0 Å². The predicted molar refractivity (Wildman–Crippen MR) is 320 cm³/mol. The molecule has 14 N–H and O–H groups in total. The molecule has 25 nitrogen and oxygen atoms in total. The topological polar surface area (TPSA) is 409 Å². The zero-order valence-corrected chi connectivity index (χ0v) is 53.0. The first-order valence-corrected chi connectivity index (χ1v) is 32.5. The van der Waals surface area contributed by atoms with E-state index in [1.165, 1.54) is 104 Å². The van der Waals surface area contributed by atoms with Crippen LogP contribution in [0.1, 0.15) is 234 Å². The molecule has 1 aliphatic heterocycles. The Bertz CT molecular complexity index is 1880. The van der Waals surface area contributed by atoms with Gasteiger partial charge in [-0.05, 0) is 40.0 Å². The van der Waals surface area contributed by atoms with E-state index in [1.54, 1.807) is 0 Å². The summed E-state index contributed by atoms with van der Waals surface area (Å²) in [6.45, 7) is 7.19. The maximum absolute atomic E-state index is 14.8. The van der Waals surface area contributed by atoms with Gasteiger partial charge in [-0.2, -0.15) is 0 Å². The molecule has 1 heterocycles. The monoisotopic (exact) mass is 1240 g/mol. The van der Waals surface area contributed by atoms with Gasteiger partial charge < -0.3 is 77.2 Å². The Morgan fingerprint density at radius 2 is 1.16 bits per heavy atom. The van der Waals surface area contributed by atoms with Crippen molar-refractivity contribution < 1.29 is 92.0 Å². The molecule has 85 heavy (non-hydrogen) atoms. The van der Waals surface area contributed by atoms with Crippen LogP contribution in [0.2, 0.25) is 0 Å². The van der Waals surface area contributed by atoms with Gasteiger partial charge in [0.05, 0.1) is 25.4 Å². The number of aliphatic carboxylic acids is 1. The van der Waals surface area contributed by atoms with Crippen molar-refractivity contribution in [3.8, 4) is 0 Å². The van der Waals surface area contributed by atoms with Gasteiger partial charge in [0.2, 0.25) is 23.6 Å². The summed E-state index contributed by atoms with van der Waals surface area (Å²) in [6, 6.07) is -3.97. The number of ether oxygens (including phenoxy) is 4. The summed E-state index contributed by atoms with van der Waals surface area (Å²) in [5.41, 5.74) is 13.5. The average molecular weight is 1240 g/mol. The molecule has 1 saturated heterocycles. The van der Waals surface area contributed by atoms with Crippen molar-refractivity contribution in [3.05, 3.63) is 0 Å². The number of carboxylic acid groups (broad SMARTS) is 1. The summed E-state index contributed by atoms with van der Waals surface area (Å²) in [4.78, 5) is 102. The quantitative estimate of drug-likeness (QED) is 0.0204. The number of rotatable bonds is 50. The SMILES string of the molecule is CCCCCCCCCCCCCCCC(=O)OC([C@H](CO)OC(=O)CCCCCCCCCCCCCCC)[C@](C)(C(=O)O)N(CC(C)O[C@H]1[C@H](O)[C@@H](CO)O[C@H](O)[C@@H]1NC(C)=O)C(=O)CC[C@H](NC(=O)[C@H](C)N)C(N)=O.NCCO[P+](=O)O. The number of aliphatic hydroxyl groups is 4. The van der Waals surface area contributed by atoms with Crippen molar-refractivity contribution >= 4 is 49.8 Å². The Hall–Kier alpha value is -4.01. The van der Waals surface area contributed by atoms with Gasteiger partial charge in [0.1, 0.15) is 37.0 Å². The van der Waals surface area contributed by atoms with Crippen LogP contribution < -0.4 is 27.8 Å². The fourth-order valence-corrected chi connectivity index (χ4v) is 10.3. The minimum absolute atomic E-state index is 0.101. The third-order valence-corrected chi connectivity index (χ3v) is 15.4. The summed E-state index contributed by atoms with van der Waals surface area (Å²) in [7, 11) is -2.44. The number of amides is 4. The molecule has 0 aliphatic carbocycles. The van der Waals surface area contributed by atoms with Gasteiger partial charge in [-0.1, -0.05) is 168 Å². The van der Waals surface area contributed by atoms with Gasteiger partial charge in [0, 0.05) is 43.8 Å². The van der Waals surface area contributed by atoms with Gasteiger partial charge in [-0.3, -0.25) is 28.8 Å². The van der Waals surface area contributed by atoms with Crippen LogP contribution in [0.15, 0.2) is 0 Å². The van der Waals surface area contributed by atoms with E-state index in [-0.39, 0.29) is 26.0 Å². The fourth-order valence-electron chi connectivity index (χ4n) is 10.0. The predicted octanol–water partition coefficient (Wildman–Crippen LogP) is 5.49. The Labute approximate surface area is 506 Å². The van der Waals surface area contributed by atoms with Crippen molar-refractivity contribution in [2.75, 3.05) is 32.9 Å². The molecule has 496 valence electrons. The lowest BCUT2D eigenvalue weighted by Crippen LogP contribution is -2.68. The highest BCUT2D eigenvalue weighted by molar-refractivity contribution is 7.32. The molecule has 3 unspecified atom stereocenters. The number of carboxylic acids is 1. The van der Waals surface area contributed by atoms with Gasteiger partial charge in [-0.25, -0.2) is 4.79 Å². The van der Waals surface area contributed by atoms with E-state index < -0.39 is 149 Å². The molecular weight excluding hydrogens is 1130 g/mol. The van der Waals surface area contributed by atoms with Crippen molar-refractivity contribution in [1.82, 2.24) is 15.5 Å². The van der Waals surface area contributed by atoms with Crippen LogP contribution in [-0.2, 0) is 61.6 Å². The van der Waals surface area contributed by atoms with Crippen LogP contribution in [0.3, 0.4) is 0 Å². The standard InChI is InChI=1S/C57H105N5O16.C2H6NO3P/c1-7-9-11-13-15-17-19-21-23-25-27-29-31-33-47(67)76-45(39-64)52(78-48(68)34-32-30-28-26-24-22-20-18-16-14-12-10-8-2)57(6,56(73)74)62(46(66)36-35-43(53(59)70)61-54(71)41(4)58)37-40(3)75-51-49(60-42(5)65)55(72)77-44(38-63)50(51)69;3-1-2-6-7(4)5/h40-41,43-45,49-52,55,63-64,69,72H,7-39,58H2,1-6H3,(H2,59,70)(H,60,65)(H,61,71)(H,73,74);1-3H2/p+1/t40?,41-,43-,44+,45-,49+,50+,51+,52?,55-,57+;/m0./s1. The van der Waals surface area contributed by atoms with E-state index >= 15 is 0 Å². The molecule has 4 amide bonds. The Kier molecular flexibility index (Phi) is 46.6. The highest BCUT2D eigenvalue weighted by Gasteiger charge is 2.56. The van der Waals surface area contributed by atoms with Crippen molar-refractivity contribution in [2.24, 2.45) is 17.2 Å². The van der Waals surface area contributed by atoms with Crippen LogP contribution in [0, 0.1) is 0 Å². The number of primary amides is 1. The molecule has 0 aromatic carbocycles. The van der Waals surface area contributed by atoms with Gasteiger partial charge in [-0.15, -0.1) is 9.42 Å². The third-order valence-electron chi connectivity index (χ3n) is 15.0. The van der Waals surface area contributed by atoms with E-state index in [4.69, 9.17) is 41.0 Å². The number of unbranched alkanes of at least 4 members (excludes halogenated alkanes) is 24. The van der Waals surface area contributed by atoms with E-state index in [1.807, 2.05) is 0 Å². The normalized spacial score (nSPS) is 19.4. The number of nitrogens with one attached hydrogen (secondary N) is 2. The minimum atomic E-state index is -2.71. The molecule has 0 spiro atoms. The number of nitrogens with zero attached hydrogens (tertiary/aromatic N) is 1. The minimum Gasteiger partial charge on any atom is -0.479 e. The van der Waals surface area contributed by atoms with E-state index in [0.29, 0.717) is 25.7 Å². The maximum Gasteiger partial charge on any atom is 0.694 e. The van der Waals surface area contributed by atoms with Crippen LogP contribution in [-0.4, -0.2) is 176 Å². The van der Waals surface area contributed by atoms with Crippen molar-refractivity contribution in [3.63, 3.8) is 0 Å². The summed E-state index contributed by atoms with van der Waals surface area (Å²) < 4.78 is 37.0. The lowest BCUT2D eigenvalue weighted by Gasteiger charge is -2.47. The number of hydrogen-bond donors (Lipinski definition) is 11. The Balaban J connectivity index is 0.00000942. The summed E-state index contributed by atoms with van der Waals surface area (Å²) >= 11 is 0. The highest BCUT2D eigenvalue weighted by Crippen LogP contribution is 2.32. The lowest BCUT2D eigenvalue weighted by molar-refractivity contribution is -0.268. The second-order valence-electron chi connectivity index (χ2n) is 22.6. The number of aliphatic hydroxyl groups excluding tert-OH is 4. The fraction of sp³-hybridized carbons (Fsp3) is 0.881. The molecule has 0 aromatic rings. The molecule has 0 radical (unpaired) electrons. The van der Waals surface area contributed by atoms with Gasteiger partial charge >= 0.3 is 26.2 Å². The zero-order valence-electron chi connectivity index (χ0n) is 52.1. The smallest absolute Gasteiger partial charge is 0.479 e. The van der Waals surface area contributed by atoms with E-state index in [9.17, 15) is 63.7 Å². The average Bonchev–Trinajstić information content (AvgIpc) is 1.15. The summed E-state index contributed by atoms with van der Waals surface area (Å²) in [5.74, 6) is -6.96. The second kappa shape index (κ2) is 48.9. The zero-order chi connectivity index (χ0) is 64.2. The van der Waals surface area contributed by atoms with Crippen molar-refractivity contribution in [2.45, 2.75) is 301 Å². The Morgan fingerprint density at radius 3 is 1.53 bits per heavy atom. The van der Waals surface area contributed by atoms with Crippen molar-refractivity contribution in [1.29, 1.82) is 0 Å². The first-order valence-electron chi connectivity index (χ1n) is 31.4. The first kappa shape index (κ1) is 81.0. The van der Waals surface area contributed by atoms with Gasteiger partial charge in [0.15, 0.2) is 24.0 Å². The molecular formula is C59H112N6O19P+. The number of esters is 2. The first-order chi connectivity index (χ1) is 40.5. The Morgan fingerprint density at radius 1 is 0.718 bits per heavy atom. The molecule has 26 heteroatoms. The largest absolute Gasteiger partial charge is 0.694 e. The lowest BCUT2D eigenvalue weighted by atomic mass is 9.87. The van der Waals surface area contributed by atoms with Gasteiger partial charge in [0.25, 0.3) is 0 Å². The van der Waals surface area contributed by atoms with Crippen LogP contribution >= 0.6 is 8.25 Å². The molecule has 12 atom stereocenters. The van der Waals surface area contributed by atoms with Crippen LogP contribution in [0.5, 0.6) is 0 Å². The summed E-state index contributed by atoms with van der Waals surface area (Å²) in [5, 5.41) is 59.2. The number of carbonyl (C=O) groups excluding carboxylic acids is 6. The second-order valence-corrected chi connectivity index (χ2v) is 23.3. The molecule has 1 rings (SSSR count). The summed E-state index contributed by atoms with van der Waals surface area (Å²) in [6.07, 6.45) is 14.4. The maximum atomic E-state index is 14.8. The number of nitrogens with two attached hydrogens (primary N) is 3. The molecule has 1 fully saturated rings. The van der Waals surface area contributed by atoms with Crippen LogP contribution in [0.4, 0.5) is 0 Å². The molecule has 0 saturated carbocycles. The number of carbonyl (C=O) groups is 7. The molecule has 1 aliphatic rings.